The van der Waals surface area contributed by atoms with Gasteiger partial charge >= 0.3 is 0 Å². The number of methoxy groups -OCH3 is 1. The van der Waals surface area contributed by atoms with Crippen LogP contribution in [0.1, 0.15) is 16.3 Å². The third kappa shape index (κ3) is 3.31. The Morgan fingerprint density at radius 3 is 2.83 bits per heavy atom. The predicted molar refractivity (Wildman–Crippen MR) is 75.3 cm³/mol. The molecule has 0 radical (unpaired) electrons. The second-order valence-electron chi connectivity index (χ2n) is 4.08. The Morgan fingerprint density at radius 2 is 2.06 bits per heavy atom. The van der Waals surface area contributed by atoms with Crippen molar-refractivity contribution >= 4 is 11.3 Å². The van der Waals surface area contributed by atoms with Crippen molar-refractivity contribution in [2.24, 2.45) is 5.73 Å². The van der Waals surface area contributed by atoms with Crippen molar-refractivity contribution in [3.05, 3.63) is 45.9 Å². The maximum Gasteiger partial charge on any atom is 0.122 e. The molecule has 2 aromatic rings. The average Bonchev–Trinajstić information content (AvgIpc) is 2.85. The highest BCUT2D eigenvalue weighted by atomic mass is 32.1. The van der Waals surface area contributed by atoms with E-state index in [2.05, 4.69) is 16.4 Å². The Kier molecular flexibility index (Phi) is 4.73. The fraction of sp³-hybridized carbons (Fsp3) is 0.357. The molecular weight excluding hydrogens is 244 g/mol. The van der Waals surface area contributed by atoms with Crippen LogP contribution in [0, 0.1) is 0 Å². The zero-order valence-electron chi connectivity index (χ0n) is 10.6. The Balaban J connectivity index is 1.97. The monoisotopic (exact) mass is 262 g/mol. The first-order chi connectivity index (χ1) is 8.83. The molecule has 0 aliphatic rings. The molecule has 0 fully saturated rings. The van der Waals surface area contributed by atoms with E-state index < -0.39 is 0 Å². The molecule has 2 N–H and O–H groups in total. The van der Waals surface area contributed by atoms with Crippen LogP contribution < -0.4 is 10.5 Å². The minimum absolute atomic E-state index is 0.662. The van der Waals surface area contributed by atoms with Crippen molar-refractivity contribution in [2.45, 2.75) is 19.3 Å². The fourth-order valence-electron chi connectivity index (χ4n) is 1.88. The van der Waals surface area contributed by atoms with Crippen molar-refractivity contribution < 1.29 is 4.74 Å². The van der Waals surface area contributed by atoms with Crippen molar-refractivity contribution in [3.63, 3.8) is 0 Å². The molecule has 0 atom stereocenters. The summed E-state index contributed by atoms with van der Waals surface area (Å²) in [4.78, 5) is 4.57. The Bertz CT molecular complexity index is 496. The summed E-state index contributed by atoms with van der Waals surface area (Å²) in [5, 5.41) is 3.27. The lowest BCUT2D eigenvalue weighted by atomic mass is 10.1. The van der Waals surface area contributed by atoms with Crippen LogP contribution >= 0.6 is 11.3 Å². The van der Waals surface area contributed by atoms with Crippen LogP contribution in [0.4, 0.5) is 0 Å². The Hall–Kier alpha value is -1.39. The van der Waals surface area contributed by atoms with Crippen LogP contribution in [-0.2, 0) is 19.3 Å². The number of para-hydroxylation sites is 1. The van der Waals surface area contributed by atoms with Gasteiger partial charge in [0.1, 0.15) is 5.75 Å². The minimum Gasteiger partial charge on any atom is -0.496 e. The zero-order valence-corrected chi connectivity index (χ0v) is 11.4. The normalized spacial score (nSPS) is 10.6. The lowest BCUT2D eigenvalue weighted by Crippen LogP contribution is -2.03. The second kappa shape index (κ2) is 6.52. The van der Waals surface area contributed by atoms with Gasteiger partial charge in [0.15, 0.2) is 0 Å². The van der Waals surface area contributed by atoms with E-state index in [9.17, 15) is 0 Å². The molecule has 3 nitrogen and oxygen atoms in total. The van der Waals surface area contributed by atoms with E-state index in [1.54, 1.807) is 18.4 Å². The summed E-state index contributed by atoms with van der Waals surface area (Å²) in [6.45, 7) is 0.662. The zero-order chi connectivity index (χ0) is 12.8. The Morgan fingerprint density at radius 1 is 1.22 bits per heavy atom. The molecule has 0 saturated heterocycles. The summed E-state index contributed by atoms with van der Waals surface area (Å²) in [5.41, 5.74) is 7.86. The van der Waals surface area contributed by atoms with E-state index in [1.807, 2.05) is 18.2 Å². The van der Waals surface area contributed by atoms with E-state index in [0.717, 1.165) is 30.7 Å². The molecule has 0 amide bonds. The summed E-state index contributed by atoms with van der Waals surface area (Å²) in [5.74, 6) is 0.955. The molecule has 96 valence electrons. The molecule has 18 heavy (non-hydrogen) atoms. The van der Waals surface area contributed by atoms with Gasteiger partial charge in [0, 0.05) is 18.2 Å². The smallest absolute Gasteiger partial charge is 0.122 e. The maximum atomic E-state index is 5.52. The van der Waals surface area contributed by atoms with Gasteiger partial charge in [-0.25, -0.2) is 4.98 Å². The highest BCUT2D eigenvalue weighted by molar-refractivity contribution is 7.09. The number of ether oxygens (including phenoxy) is 1. The highest BCUT2D eigenvalue weighted by Gasteiger charge is 2.05. The standard InChI is InChI=1S/C14H18N2OS/c1-17-13-5-3-2-4-11(13)6-7-14-16-12(8-9-15)10-18-14/h2-5,10H,6-9,15H2,1H3. The van der Waals surface area contributed by atoms with Crippen molar-refractivity contribution in [1.82, 2.24) is 4.98 Å². The molecule has 2 rings (SSSR count). The van der Waals surface area contributed by atoms with Crippen LogP contribution in [-0.4, -0.2) is 18.6 Å². The molecule has 0 aliphatic heterocycles. The van der Waals surface area contributed by atoms with E-state index in [1.165, 1.54) is 10.6 Å². The molecule has 1 heterocycles. The predicted octanol–water partition coefficient (Wildman–Crippen LogP) is 2.44. The maximum absolute atomic E-state index is 5.52. The van der Waals surface area contributed by atoms with Gasteiger partial charge < -0.3 is 10.5 Å². The van der Waals surface area contributed by atoms with Gasteiger partial charge in [-0.3, -0.25) is 0 Å². The van der Waals surface area contributed by atoms with Gasteiger partial charge in [0.05, 0.1) is 17.8 Å². The second-order valence-corrected chi connectivity index (χ2v) is 5.03. The topological polar surface area (TPSA) is 48.1 Å². The number of rotatable bonds is 6. The average molecular weight is 262 g/mol. The molecule has 4 heteroatoms. The van der Waals surface area contributed by atoms with E-state index in [4.69, 9.17) is 10.5 Å². The first-order valence-corrected chi connectivity index (χ1v) is 6.96. The third-order valence-electron chi connectivity index (χ3n) is 2.80. The first-order valence-electron chi connectivity index (χ1n) is 6.08. The molecular formula is C14H18N2OS. The van der Waals surface area contributed by atoms with Gasteiger partial charge in [-0.15, -0.1) is 11.3 Å². The van der Waals surface area contributed by atoms with Crippen LogP contribution in [0.3, 0.4) is 0 Å². The van der Waals surface area contributed by atoms with Gasteiger partial charge in [0.2, 0.25) is 0 Å². The number of benzene rings is 1. The van der Waals surface area contributed by atoms with E-state index in [-0.39, 0.29) is 0 Å². The third-order valence-corrected chi connectivity index (χ3v) is 3.76. The highest BCUT2D eigenvalue weighted by Crippen LogP contribution is 2.20. The quantitative estimate of drug-likeness (QED) is 0.870. The first kappa shape index (κ1) is 13.1. The molecule has 0 aliphatic carbocycles. The number of thiazole rings is 1. The summed E-state index contributed by atoms with van der Waals surface area (Å²) in [7, 11) is 1.71. The summed E-state index contributed by atoms with van der Waals surface area (Å²) >= 11 is 1.71. The van der Waals surface area contributed by atoms with Crippen molar-refractivity contribution in [1.29, 1.82) is 0 Å². The SMILES string of the molecule is COc1ccccc1CCc1nc(CCN)cs1. The lowest BCUT2D eigenvalue weighted by molar-refractivity contribution is 0.409. The van der Waals surface area contributed by atoms with Gasteiger partial charge in [0.25, 0.3) is 0 Å². The van der Waals surface area contributed by atoms with Gasteiger partial charge in [-0.1, -0.05) is 18.2 Å². The number of nitrogens with two attached hydrogens (primary N) is 1. The van der Waals surface area contributed by atoms with Crippen LogP contribution in [0.25, 0.3) is 0 Å². The Labute approximate surface area is 112 Å². The summed E-state index contributed by atoms with van der Waals surface area (Å²) in [6.07, 6.45) is 2.78. The van der Waals surface area contributed by atoms with Crippen molar-refractivity contribution in [3.8, 4) is 5.75 Å². The largest absolute Gasteiger partial charge is 0.496 e. The summed E-state index contributed by atoms with van der Waals surface area (Å²) < 4.78 is 5.34. The van der Waals surface area contributed by atoms with Crippen molar-refractivity contribution in [2.75, 3.05) is 13.7 Å². The molecule has 0 saturated carbocycles. The molecule has 0 spiro atoms. The molecule has 1 aromatic heterocycles. The number of nitrogens with zero attached hydrogens (tertiary/aromatic N) is 1. The molecule has 0 bridgehead atoms. The van der Waals surface area contributed by atoms with Crippen LogP contribution in [0.2, 0.25) is 0 Å². The van der Waals surface area contributed by atoms with Gasteiger partial charge in [-0.05, 0) is 24.6 Å². The van der Waals surface area contributed by atoms with E-state index >= 15 is 0 Å². The van der Waals surface area contributed by atoms with Crippen LogP contribution in [0.15, 0.2) is 29.6 Å². The molecule has 0 unspecified atom stereocenters. The minimum atomic E-state index is 0.662. The molecule has 1 aromatic carbocycles. The number of hydrogen-bond donors (Lipinski definition) is 1. The van der Waals surface area contributed by atoms with Crippen LogP contribution in [0.5, 0.6) is 5.75 Å². The number of aryl methyl sites for hydroxylation is 2. The lowest BCUT2D eigenvalue weighted by Gasteiger charge is -2.06. The van der Waals surface area contributed by atoms with E-state index in [0.29, 0.717) is 6.54 Å². The number of hydrogen-bond acceptors (Lipinski definition) is 4. The van der Waals surface area contributed by atoms with Gasteiger partial charge in [-0.2, -0.15) is 0 Å². The fourth-order valence-corrected chi connectivity index (χ4v) is 2.71. The number of aromatic nitrogens is 1. The summed E-state index contributed by atoms with van der Waals surface area (Å²) in [6, 6.07) is 8.13.